The number of nitrogens with zero attached hydrogens (tertiary/aromatic N) is 2. The van der Waals surface area contributed by atoms with Crippen LogP contribution in [0.15, 0.2) is 85.1 Å². The molecule has 0 bridgehead atoms. The number of H-pyrrole nitrogens is 1. The molecule has 166 valence electrons. The number of nitrogens with one attached hydrogen (secondary N) is 2. The van der Waals surface area contributed by atoms with Crippen molar-refractivity contribution in [2.24, 2.45) is 0 Å². The number of para-hydroxylation sites is 3. The Morgan fingerprint density at radius 2 is 1.79 bits per heavy atom. The highest BCUT2D eigenvalue weighted by molar-refractivity contribution is 6.07. The molecule has 6 nitrogen and oxygen atoms in total. The Labute approximate surface area is 192 Å². The van der Waals surface area contributed by atoms with Gasteiger partial charge < -0.3 is 19.6 Å². The van der Waals surface area contributed by atoms with Crippen molar-refractivity contribution in [3.63, 3.8) is 0 Å². The molecule has 0 radical (unpaired) electrons. The second-order valence-electron chi connectivity index (χ2n) is 8.10. The first-order valence-corrected chi connectivity index (χ1v) is 11.1. The van der Waals surface area contributed by atoms with Gasteiger partial charge in [-0.3, -0.25) is 4.79 Å². The number of aromatic amines is 1. The van der Waals surface area contributed by atoms with Gasteiger partial charge in [0.1, 0.15) is 5.82 Å². The molecule has 1 atom stereocenters. The van der Waals surface area contributed by atoms with Gasteiger partial charge in [0, 0.05) is 30.8 Å². The van der Waals surface area contributed by atoms with Crippen LogP contribution in [0.5, 0.6) is 0 Å². The van der Waals surface area contributed by atoms with Crippen LogP contribution in [0.2, 0.25) is 0 Å². The lowest BCUT2D eigenvalue weighted by Gasteiger charge is -2.17. The fourth-order valence-corrected chi connectivity index (χ4v) is 4.24. The molecule has 5 aromatic rings. The Kier molecular flexibility index (Phi) is 5.91. The van der Waals surface area contributed by atoms with Crippen molar-refractivity contribution in [1.29, 1.82) is 0 Å². The highest BCUT2D eigenvalue weighted by Crippen LogP contribution is 2.24. The first-order chi connectivity index (χ1) is 16.2. The number of carbonyl (C=O) groups excluding carboxylic acids is 1. The summed E-state index contributed by atoms with van der Waals surface area (Å²) in [5.74, 6) is 0.625. The van der Waals surface area contributed by atoms with Crippen molar-refractivity contribution < 1.29 is 9.53 Å². The van der Waals surface area contributed by atoms with Gasteiger partial charge in [0.15, 0.2) is 0 Å². The van der Waals surface area contributed by atoms with E-state index >= 15 is 0 Å². The predicted octanol–water partition coefficient (Wildman–Crippen LogP) is 4.88. The molecular formula is C27H26N4O2. The zero-order valence-corrected chi connectivity index (χ0v) is 18.5. The van der Waals surface area contributed by atoms with Crippen molar-refractivity contribution in [3.05, 3.63) is 102 Å². The average Bonchev–Trinajstić information content (AvgIpc) is 3.45. The minimum absolute atomic E-state index is 0.122. The summed E-state index contributed by atoms with van der Waals surface area (Å²) in [6.07, 6.45) is 2.55. The van der Waals surface area contributed by atoms with E-state index in [-0.39, 0.29) is 11.9 Å². The van der Waals surface area contributed by atoms with E-state index in [2.05, 4.69) is 27.0 Å². The van der Waals surface area contributed by atoms with Crippen LogP contribution in [0, 0.1) is 0 Å². The first kappa shape index (κ1) is 21.0. The third-order valence-electron chi connectivity index (χ3n) is 5.90. The molecule has 1 amide bonds. The van der Waals surface area contributed by atoms with Gasteiger partial charge in [-0.25, -0.2) is 4.98 Å². The predicted molar refractivity (Wildman–Crippen MR) is 130 cm³/mol. The molecule has 0 fully saturated rings. The number of amides is 1. The van der Waals surface area contributed by atoms with Crippen LogP contribution in [0.25, 0.3) is 21.9 Å². The SMILES string of the molecule is COCCn1cc(C(=O)N[C@H](Cc2ccccc2)c2nc3ccccc3[nH]2)c2ccccc21. The zero-order chi connectivity index (χ0) is 22.6. The molecule has 6 heteroatoms. The lowest BCUT2D eigenvalue weighted by molar-refractivity contribution is 0.0936. The van der Waals surface area contributed by atoms with E-state index in [0.29, 0.717) is 25.1 Å². The minimum atomic E-state index is -0.298. The molecule has 2 heterocycles. The molecule has 33 heavy (non-hydrogen) atoms. The van der Waals surface area contributed by atoms with E-state index in [9.17, 15) is 4.79 Å². The third kappa shape index (κ3) is 4.38. The van der Waals surface area contributed by atoms with E-state index in [1.165, 1.54) is 0 Å². The van der Waals surface area contributed by atoms with Crippen LogP contribution in [-0.2, 0) is 17.7 Å². The number of aromatic nitrogens is 3. The standard InChI is InChI=1S/C27H26N4O2/c1-33-16-15-31-18-21(20-11-5-8-14-25(20)31)27(32)30-24(17-19-9-3-2-4-10-19)26-28-22-12-6-7-13-23(22)29-26/h2-14,18,24H,15-17H2,1H3,(H,28,29)(H,30,32)/t24-/m1/s1. The molecule has 3 aromatic carbocycles. The Balaban J connectivity index is 1.49. The number of methoxy groups -OCH3 is 1. The summed E-state index contributed by atoms with van der Waals surface area (Å²) < 4.78 is 7.32. The summed E-state index contributed by atoms with van der Waals surface area (Å²) in [6, 6.07) is 25.7. The fraction of sp³-hybridized carbons (Fsp3) is 0.185. The summed E-state index contributed by atoms with van der Waals surface area (Å²) in [6.45, 7) is 1.26. The Hall–Kier alpha value is -3.90. The quantitative estimate of drug-likeness (QED) is 0.363. The lowest BCUT2D eigenvalue weighted by atomic mass is 10.0. The summed E-state index contributed by atoms with van der Waals surface area (Å²) in [7, 11) is 1.68. The molecular weight excluding hydrogens is 412 g/mol. The molecule has 5 rings (SSSR count). The molecule has 0 aliphatic carbocycles. The Morgan fingerprint density at radius 3 is 2.61 bits per heavy atom. The van der Waals surface area contributed by atoms with Gasteiger partial charge >= 0.3 is 0 Å². The van der Waals surface area contributed by atoms with E-state index in [1.54, 1.807) is 7.11 Å². The second kappa shape index (κ2) is 9.30. The lowest BCUT2D eigenvalue weighted by Crippen LogP contribution is -2.30. The van der Waals surface area contributed by atoms with Crippen molar-refractivity contribution >= 4 is 27.8 Å². The van der Waals surface area contributed by atoms with Crippen molar-refractivity contribution in [1.82, 2.24) is 19.9 Å². The smallest absolute Gasteiger partial charge is 0.254 e. The number of hydrogen-bond donors (Lipinski definition) is 2. The van der Waals surface area contributed by atoms with Crippen molar-refractivity contribution in [3.8, 4) is 0 Å². The van der Waals surface area contributed by atoms with Crippen LogP contribution in [-0.4, -0.2) is 34.2 Å². The monoisotopic (exact) mass is 438 g/mol. The third-order valence-corrected chi connectivity index (χ3v) is 5.90. The van der Waals surface area contributed by atoms with E-state index < -0.39 is 0 Å². The number of benzene rings is 3. The number of ether oxygens (including phenoxy) is 1. The maximum Gasteiger partial charge on any atom is 0.254 e. The average molecular weight is 439 g/mol. The maximum absolute atomic E-state index is 13.5. The van der Waals surface area contributed by atoms with Crippen LogP contribution in [0.4, 0.5) is 0 Å². The molecule has 0 unspecified atom stereocenters. The molecule has 0 saturated heterocycles. The van der Waals surface area contributed by atoms with Gasteiger partial charge in [0.05, 0.1) is 29.2 Å². The summed E-state index contributed by atoms with van der Waals surface area (Å²) in [5, 5.41) is 4.17. The normalized spacial score (nSPS) is 12.3. The highest BCUT2D eigenvalue weighted by atomic mass is 16.5. The maximum atomic E-state index is 13.5. The summed E-state index contributed by atoms with van der Waals surface area (Å²) in [4.78, 5) is 21.7. The van der Waals surface area contributed by atoms with Gasteiger partial charge in [0.25, 0.3) is 5.91 Å². The Bertz CT molecular complexity index is 1350. The topological polar surface area (TPSA) is 71.9 Å². The number of fused-ring (bicyclic) bond motifs is 2. The number of imidazole rings is 1. The molecule has 2 N–H and O–H groups in total. The molecule has 0 saturated carbocycles. The van der Waals surface area contributed by atoms with Crippen LogP contribution in [0.1, 0.15) is 27.8 Å². The largest absolute Gasteiger partial charge is 0.383 e. The number of rotatable bonds is 8. The van der Waals surface area contributed by atoms with Crippen molar-refractivity contribution in [2.45, 2.75) is 19.0 Å². The molecule has 0 aliphatic heterocycles. The second-order valence-corrected chi connectivity index (χ2v) is 8.10. The van der Waals surface area contributed by atoms with Crippen LogP contribution >= 0.6 is 0 Å². The first-order valence-electron chi connectivity index (χ1n) is 11.1. The van der Waals surface area contributed by atoms with Gasteiger partial charge in [-0.05, 0) is 30.2 Å². The van der Waals surface area contributed by atoms with Gasteiger partial charge in [-0.1, -0.05) is 60.7 Å². The number of hydrogen-bond acceptors (Lipinski definition) is 3. The molecule has 2 aromatic heterocycles. The Morgan fingerprint density at radius 1 is 1.03 bits per heavy atom. The van der Waals surface area contributed by atoms with Gasteiger partial charge in [-0.2, -0.15) is 0 Å². The zero-order valence-electron chi connectivity index (χ0n) is 18.5. The van der Waals surface area contributed by atoms with Crippen LogP contribution in [0.3, 0.4) is 0 Å². The highest BCUT2D eigenvalue weighted by Gasteiger charge is 2.22. The van der Waals surface area contributed by atoms with E-state index in [4.69, 9.17) is 9.72 Å². The number of carbonyl (C=O) groups is 1. The fourth-order valence-electron chi connectivity index (χ4n) is 4.24. The molecule has 0 spiro atoms. The molecule has 0 aliphatic rings. The van der Waals surface area contributed by atoms with Gasteiger partial charge in [-0.15, -0.1) is 0 Å². The van der Waals surface area contributed by atoms with E-state index in [1.807, 2.05) is 72.9 Å². The van der Waals surface area contributed by atoms with Gasteiger partial charge in [0.2, 0.25) is 0 Å². The van der Waals surface area contributed by atoms with E-state index in [0.717, 1.165) is 33.3 Å². The minimum Gasteiger partial charge on any atom is -0.383 e. The van der Waals surface area contributed by atoms with Crippen LogP contribution < -0.4 is 5.32 Å². The van der Waals surface area contributed by atoms with Crippen molar-refractivity contribution in [2.75, 3.05) is 13.7 Å². The summed E-state index contributed by atoms with van der Waals surface area (Å²) >= 11 is 0. The summed E-state index contributed by atoms with van der Waals surface area (Å²) in [5.41, 5.74) is 4.64.